The van der Waals surface area contributed by atoms with E-state index in [0.717, 1.165) is 16.7 Å². The lowest BCUT2D eigenvalue weighted by atomic mass is 9.98. The van der Waals surface area contributed by atoms with Gasteiger partial charge < -0.3 is 28.8 Å². The minimum Gasteiger partial charge on any atom is -0.497 e. The first kappa shape index (κ1) is 32.6. The highest BCUT2D eigenvalue weighted by atomic mass is 32.2. The number of rotatable bonds is 14. The predicted molar refractivity (Wildman–Crippen MR) is 170 cm³/mol. The molecule has 0 bridgehead atoms. The number of sulfone groups is 1. The Bertz CT molecular complexity index is 1580. The van der Waals surface area contributed by atoms with Crippen molar-refractivity contribution in [1.82, 2.24) is 0 Å². The zero-order valence-corrected chi connectivity index (χ0v) is 25.9. The summed E-state index contributed by atoms with van der Waals surface area (Å²) in [4.78, 5) is 0.242. The van der Waals surface area contributed by atoms with Gasteiger partial charge in [0.25, 0.3) is 0 Å². The average Bonchev–Trinajstić information content (AvgIpc) is 3.09. The Kier molecular flexibility index (Phi) is 11.5. The second-order valence-corrected chi connectivity index (χ2v) is 12.7. The molecule has 1 aliphatic heterocycles. The molecule has 0 saturated carbocycles. The molecule has 5 rings (SSSR count). The van der Waals surface area contributed by atoms with Gasteiger partial charge in [0, 0.05) is 13.5 Å². The molecule has 0 aliphatic carbocycles. The maximum absolute atomic E-state index is 13.6. The van der Waals surface area contributed by atoms with Gasteiger partial charge in [-0.25, -0.2) is 8.42 Å². The molecule has 1 saturated heterocycles. The minimum atomic E-state index is -3.86. The monoisotopic (exact) mass is 630 g/mol. The normalized spacial score (nSPS) is 22.2. The molecule has 4 aromatic rings. The van der Waals surface area contributed by atoms with Crippen molar-refractivity contribution in [3.05, 3.63) is 149 Å². The maximum atomic E-state index is 13.6. The van der Waals surface area contributed by atoms with E-state index in [1.54, 1.807) is 30.3 Å². The van der Waals surface area contributed by atoms with Crippen molar-refractivity contribution >= 4 is 9.84 Å². The van der Waals surface area contributed by atoms with Crippen LogP contribution in [0.4, 0.5) is 0 Å². The summed E-state index contributed by atoms with van der Waals surface area (Å²) in [5.74, 6) is 0. The van der Waals surface area contributed by atoms with Crippen molar-refractivity contribution in [2.45, 2.75) is 55.2 Å². The molecule has 9 heteroatoms. The second-order valence-electron chi connectivity index (χ2n) is 10.7. The number of hydrogen-bond donors (Lipinski definition) is 1. The van der Waals surface area contributed by atoms with E-state index in [2.05, 4.69) is 0 Å². The zero-order valence-electron chi connectivity index (χ0n) is 25.1. The third kappa shape index (κ3) is 8.67. The summed E-state index contributed by atoms with van der Waals surface area (Å²) in [6.45, 7) is 0.338. The van der Waals surface area contributed by atoms with Gasteiger partial charge in [-0.2, -0.15) is 0 Å². The zero-order chi connectivity index (χ0) is 31.5. The van der Waals surface area contributed by atoms with Crippen LogP contribution in [0.25, 0.3) is 0 Å². The molecule has 0 amide bonds. The fourth-order valence-electron chi connectivity index (χ4n) is 5.10. The third-order valence-corrected chi connectivity index (χ3v) is 9.34. The Morgan fingerprint density at radius 1 is 0.733 bits per heavy atom. The molecule has 1 heterocycles. The third-order valence-electron chi connectivity index (χ3n) is 7.52. The van der Waals surface area contributed by atoms with Crippen LogP contribution in [0.2, 0.25) is 0 Å². The first-order chi connectivity index (χ1) is 22.0. The predicted octanol–water partition coefficient (Wildman–Crippen LogP) is 5.46. The summed E-state index contributed by atoms with van der Waals surface area (Å²) in [7, 11) is -2.36. The van der Waals surface area contributed by atoms with E-state index in [1.165, 1.54) is 13.4 Å². The number of benzene rings is 4. The summed E-state index contributed by atoms with van der Waals surface area (Å²) < 4.78 is 57.4. The summed E-state index contributed by atoms with van der Waals surface area (Å²) in [6, 6.07) is 36.8. The fourth-order valence-corrected chi connectivity index (χ4v) is 6.47. The van der Waals surface area contributed by atoms with Crippen LogP contribution in [0.5, 0.6) is 0 Å². The summed E-state index contributed by atoms with van der Waals surface area (Å²) in [5.41, 5.74) is 2.69. The molecule has 1 fully saturated rings. The fraction of sp³-hybridized carbons (Fsp3) is 0.278. The largest absolute Gasteiger partial charge is 0.497 e. The van der Waals surface area contributed by atoms with Crippen LogP contribution in [0, 0.1) is 0 Å². The van der Waals surface area contributed by atoms with Gasteiger partial charge in [-0.1, -0.05) is 109 Å². The van der Waals surface area contributed by atoms with Crippen LogP contribution in [0.1, 0.15) is 16.7 Å². The van der Waals surface area contributed by atoms with Crippen LogP contribution in [0.15, 0.2) is 137 Å². The highest BCUT2D eigenvalue weighted by Gasteiger charge is 2.47. The van der Waals surface area contributed by atoms with E-state index >= 15 is 0 Å². The van der Waals surface area contributed by atoms with Gasteiger partial charge in [0.15, 0.2) is 6.29 Å². The van der Waals surface area contributed by atoms with Gasteiger partial charge in [-0.15, -0.1) is 0 Å². The number of allylic oxidation sites excluding steroid dienone is 1. The van der Waals surface area contributed by atoms with E-state index < -0.39 is 40.5 Å². The van der Waals surface area contributed by atoms with E-state index in [1.807, 2.05) is 91.0 Å². The van der Waals surface area contributed by atoms with Crippen LogP contribution >= 0.6 is 0 Å². The summed E-state index contributed by atoms with van der Waals surface area (Å²) in [5, 5.41) is 11.5. The molecule has 1 N–H and O–H groups in total. The van der Waals surface area contributed by atoms with E-state index in [-0.39, 0.29) is 36.0 Å². The van der Waals surface area contributed by atoms with Gasteiger partial charge in [0.05, 0.1) is 29.3 Å². The van der Waals surface area contributed by atoms with Crippen molar-refractivity contribution in [3.63, 3.8) is 0 Å². The van der Waals surface area contributed by atoms with Crippen molar-refractivity contribution in [2.24, 2.45) is 0 Å². The van der Waals surface area contributed by atoms with Gasteiger partial charge in [0.2, 0.25) is 9.84 Å². The molecule has 0 radical (unpaired) electrons. The lowest BCUT2D eigenvalue weighted by molar-refractivity contribution is -0.314. The smallest absolute Gasteiger partial charge is 0.206 e. The number of hydrogen-bond acceptors (Lipinski definition) is 8. The van der Waals surface area contributed by atoms with Gasteiger partial charge in [-0.3, -0.25) is 0 Å². The Hall–Kier alpha value is -3.83. The van der Waals surface area contributed by atoms with Gasteiger partial charge in [-0.05, 0) is 28.8 Å². The molecule has 4 aromatic carbocycles. The molecule has 8 nitrogen and oxygen atoms in total. The van der Waals surface area contributed by atoms with Crippen molar-refractivity contribution in [3.8, 4) is 0 Å². The Labute approximate surface area is 264 Å². The summed E-state index contributed by atoms with van der Waals surface area (Å²) in [6.07, 6.45) is -3.17. The first-order valence-corrected chi connectivity index (χ1v) is 16.3. The second kappa shape index (κ2) is 15.9. The van der Waals surface area contributed by atoms with Gasteiger partial charge >= 0.3 is 0 Å². The highest BCUT2D eigenvalue weighted by molar-refractivity contribution is 7.95. The highest BCUT2D eigenvalue weighted by Crippen LogP contribution is 2.29. The molecular formula is C36H38O8S. The molecule has 45 heavy (non-hydrogen) atoms. The Morgan fingerprint density at radius 2 is 1.22 bits per heavy atom. The minimum absolute atomic E-state index is 0.0782. The first-order valence-electron chi connectivity index (χ1n) is 14.8. The molecule has 0 aromatic heterocycles. The van der Waals surface area contributed by atoms with Crippen LogP contribution in [0.3, 0.4) is 0 Å². The van der Waals surface area contributed by atoms with Crippen molar-refractivity contribution < 1.29 is 37.2 Å². The topological polar surface area (TPSA) is 101 Å². The number of methoxy groups -OCH3 is 1. The van der Waals surface area contributed by atoms with Crippen LogP contribution < -0.4 is 0 Å². The van der Waals surface area contributed by atoms with E-state index in [4.69, 9.17) is 23.7 Å². The number of ether oxygens (including phenoxy) is 5. The maximum Gasteiger partial charge on any atom is 0.206 e. The van der Waals surface area contributed by atoms with Crippen LogP contribution in [-0.4, -0.2) is 57.9 Å². The molecule has 5 unspecified atom stereocenters. The number of aliphatic hydroxyl groups excluding tert-OH is 1. The lowest BCUT2D eigenvalue weighted by Crippen LogP contribution is -2.60. The van der Waals surface area contributed by atoms with Crippen LogP contribution in [-0.2, 0) is 53.2 Å². The van der Waals surface area contributed by atoms with E-state index in [0.29, 0.717) is 0 Å². The quantitative estimate of drug-likeness (QED) is 0.183. The van der Waals surface area contributed by atoms with Crippen molar-refractivity contribution in [2.75, 3.05) is 13.7 Å². The van der Waals surface area contributed by atoms with E-state index in [9.17, 15) is 13.5 Å². The lowest BCUT2D eigenvalue weighted by Gasteiger charge is -2.43. The average molecular weight is 631 g/mol. The molecule has 1 aliphatic rings. The molecule has 236 valence electrons. The standard InChI is InChI=1S/C36H38O8S/c1-40-36-35(43-24-29-18-10-4-11-19-29)34(42-23-28-16-8-3-9-17-28)33(37)32(44-36)26-41-25-31(22-27-14-6-2-7-15-27)45(38,39)30-20-12-5-13-21-30/h2-21,25,32-37H,22-24,26H2,1H3/b31-25+. The molecule has 5 atom stereocenters. The SMILES string of the molecule is COC1OC(CO/C=C(\Cc2ccccc2)S(=O)(=O)c2ccccc2)C(O)C(OCc2ccccc2)C1OCc1ccccc1. The summed E-state index contributed by atoms with van der Waals surface area (Å²) >= 11 is 0. The number of aliphatic hydroxyl groups is 1. The molecular weight excluding hydrogens is 592 g/mol. The molecule has 0 spiro atoms. The Balaban J connectivity index is 1.35. The van der Waals surface area contributed by atoms with Gasteiger partial charge in [0.1, 0.15) is 31.0 Å². The van der Waals surface area contributed by atoms with Crippen molar-refractivity contribution in [1.29, 1.82) is 0 Å². The Morgan fingerprint density at radius 3 is 1.76 bits per heavy atom.